The zero-order chi connectivity index (χ0) is 51.5. The van der Waals surface area contributed by atoms with Gasteiger partial charge in [0.15, 0.2) is 0 Å². The number of terminal acetylenes is 1. The van der Waals surface area contributed by atoms with Crippen molar-refractivity contribution in [2.45, 2.75) is 52.9 Å². The molecule has 3 heterocycles. The second kappa shape index (κ2) is 25.6. The Morgan fingerprint density at radius 2 is 0.890 bits per heavy atom. The molecule has 0 unspecified atom stereocenters. The predicted octanol–water partition coefficient (Wildman–Crippen LogP) is 12.3. The molecule has 3 aromatic heterocycles. The van der Waals surface area contributed by atoms with E-state index in [-0.39, 0.29) is 18.2 Å². The number of anilines is 6. The van der Waals surface area contributed by atoms with Gasteiger partial charge in [-0.15, -0.1) is 6.42 Å². The van der Waals surface area contributed by atoms with E-state index in [4.69, 9.17) is 20.6 Å². The van der Waals surface area contributed by atoms with E-state index in [0.717, 1.165) is 90.2 Å². The number of ketones is 2. The number of nitrogens with one attached hydrogen (secondary N) is 3. The van der Waals surface area contributed by atoms with Crippen LogP contribution in [-0.2, 0) is 28.9 Å². The van der Waals surface area contributed by atoms with Crippen LogP contribution in [0.3, 0.4) is 0 Å². The van der Waals surface area contributed by atoms with E-state index in [1.165, 1.54) is 18.2 Å². The number of hydrogen-bond acceptors (Lipinski definition) is 14. The summed E-state index contributed by atoms with van der Waals surface area (Å²) in [6.07, 6.45) is 12.6. The number of hydrogen-bond donors (Lipinski definition) is 3. The van der Waals surface area contributed by atoms with Gasteiger partial charge in [-0.05, 0) is 103 Å². The molecule has 9 aromatic rings. The molecular formula is C59H57N9O5. The van der Waals surface area contributed by atoms with Crippen molar-refractivity contribution in [3.8, 4) is 29.6 Å². The Hall–Kier alpha value is -9.22. The first kappa shape index (κ1) is 51.6. The van der Waals surface area contributed by atoms with Gasteiger partial charge < -0.3 is 30.2 Å². The molecule has 73 heavy (non-hydrogen) atoms. The van der Waals surface area contributed by atoms with Crippen LogP contribution in [0.4, 0.5) is 34.5 Å². The van der Waals surface area contributed by atoms with Crippen molar-refractivity contribution < 1.29 is 23.8 Å². The zero-order valence-corrected chi connectivity index (χ0v) is 41.6. The largest absolute Gasteiger partial charge is 0.497 e. The number of allylic oxidation sites excluding steroid dienone is 1. The van der Waals surface area contributed by atoms with Gasteiger partial charge in [0.25, 0.3) is 0 Å². The quantitative estimate of drug-likeness (QED) is 0.0547. The first-order chi connectivity index (χ1) is 35.5. The highest BCUT2D eigenvalue weighted by atomic mass is 16.5. The molecule has 14 nitrogen and oxygen atoms in total. The third kappa shape index (κ3) is 14.7. The Kier molecular flexibility index (Phi) is 18.1. The van der Waals surface area contributed by atoms with Gasteiger partial charge >= 0.3 is 0 Å². The molecule has 0 spiro atoms. The van der Waals surface area contributed by atoms with Crippen LogP contribution in [0.15, 0.2) is 159 Å². The number of Topliss-reactive ketones (excluding diaryl/α,β-unsaturated/α-hetero) is 2. The normalized spacial score (nSPS) is 10.5. The van der Waals surface area contributed by atoms with Gasteiger partial charge in [-0.3, -0.25) is 9.59 Å². The second-order valence-electron chi connectivity index (χ2n) is 16.9. The molecule has 0 saturated carbocycles. The van der Waals surface area contributed by atoms with Gasteiger partial charge in [0.1, 0.15) is 71.9 Å². The van der Waals surface area contributed by atoms with Crippen molar-refractivity contribution in [2.24, 2.45) is 0 Å². The van der Waals surface area contributed by atoms with Gasteiger partial charge in [0, 0.05) is 77.1 Å². The third-order valence-corrected chi connectivity index (χ3v) is 11.3. The topological polar surface area (TPSA) is 175 Å². The van der Waals surface area contributed by atoms with Crippen LogP contribution in [0, 0.1) is 12.3 Å². The number of aromatic nitrogens is 6. The molecule has 0 aliphatic rings. The fourth-order valence-corrected chi connectivity index (χ4v) is 7.59. The van der Waals surface area contributed by atoms with Crippen molar-refractivity contribution in [3.63, 3.8) is 0 Å². The van der Waals surface area contributed by atoms with Crippen LogP contribution >= 0.6 is 0 Å². The number of ether oxygens (including phenoxy) is 3. The highest BCUT2D eigenvalue weighted by molar-refractivity contribution is 5.94. The van der Waals surface area contributed by atoms with Gasteiger partial charge in [0.2, 0.25) is 0 Å². The fourth-order valence-electron chi connectivity index (χ4n) is 7.59. The maximum absolute atomic E-state index is 11.7. The lowest BCUT2D eigenvalue weighted by molar-refractivity contribution is -0.118. The minimum Gasteiger partial charge on any atom is -0.497 e. The minimum absolute atomic E-state index is 0.203. The van der Waals surface area contributed by atoms with Crippen LogP contribution < -0.4 is 30.2 Å². The second-order valence-corrected chi connectivity index (χ2v) is 16.9. The molecule has 0 aliphatic heterocycles. The van der Waals surface area contributed by atoms with Crippen molar-refractivity contribution in [3.05, 3.63) is 175 Å². The Morgan fingerprint density at radius 1 is 0.521 bits per heavy atom. The van der Waals surface area contributed by atoms with Crippen LogP contribution in [0.2, 0.25) is 0 Å². The number of fused-ring (bicyclic) bond motifs is 3. The fraction of sp³-hybridized carbons (Fsp3) is 0.186. The Balaban J connectivity index is 0.000000161. The van der Waals surface area contributed by atoms with Crippen molar-refractivity contribution >= 4 is 78.8 Å². The Labute approximate surface area is 425 Å². The molecule has 0 bridgehead atoms. The van der Waals surface area contributed by atoms with Crippen molar-refractivity contribution in [1.82, 2.24) is 29.9 Å². The van der Waals surface area contributed by atoms with Crippen LogP contribution in [0.1, 0.15) is 50.3 Å². The maximum atomic E-state index is 11.7. The van der Waals surface area contributed by atoms with E-state index in [1.54, 1.807) is 20.5 Å². The summed E-state index contributed by atoms with van der Waals surface area (Å²) >= 11 is 0. The smallest absolute Gasteiger partial charge is 0.148 e. The molecule has 9 rings (SSSR count). The van der Waals surface area contributed by atoms with Crippen molar-refractivity contribution in [2.75, 3.05) is 36.8 Å². The van der Waals surface area contributed by atoms with E-state index in [0.29, 0.717) is 43.1 Å². The highest BCUT2D eigenvalue weighted by Crippen LogP contribution is 2.30. The summed E-state index contributed by atoms with van der Waals surface area (Å²) < 4.78 is 16.0. The number of carbonyl (C=O) groups is 2. The van der Waals surface area contributed by atoms with E-state index in [2.05, 4.69) is 70.5 Å². The summed E-state index contributed by atoms with van der Waals surface area (Å²) in [6.45, 7) is 9.97. The number of methoxy groups -OCH3 is 2. The molecule has 6 aromatic carbocycles. The summed E-state index contributed by atoms with van der Waals surface area (Å²) in [4.78, 5) is 49.5. The zero-order valence-electron chi connectivity index (χ0n) is 41.6. The van der Waals surface area contributed by atoms with Gasteiger partial charge in [-0.2, -0.15) is 0 Å². The lowest BCUT2D eigenvalue weighted by Gasteiger charge is -2.11. The van der Waals surface area contributed by atoms with E-state index in [9.17, 15) is 9.59 Å². The molecule has 0 aliphatic carbocycles. The summed E-state index contributed by atoms with van der Waals surface area (Å²) in [6, 6.07) is 40.8. The molecule has 0 amide bonds. The summed E-state index contributed by atoms with van der Waals surface area (Å²) in [5.74, 6) is 7.29. The number of rotatable bonds is 18. The number of nitrogens with zero attached hydrogens (tertiary/aromatic N) is 6. The van der Waals surface area contributed by atoms with Crippen molar-refractivity contribution in [1.29, 1.82) is 0 Å². The minimum atomic E-state index is 0.203. The van der Waals surface area contributed by atoms with E-state index in [1.807, 2.05) is 136 Å². The van der Waals surface area contributed by atoms with Gasteiger partial charge in [-0.1, -0.05) is 68.3 Å². The number of benzene rings is 6. The average Bonchev–Trinajstić information content (AvgIpc) is 3.41. The standard InChI is InChI=1S/C21H19N3O2.C19H19N3O2.C19H19N3O/c1-3-10-26-18-7-5-6-16(13-18)24-21-19-12-15(11-17(25)4-2)8-9-20(19)22-14-23-21;1-3-15(23)9-13-7-8-18-17(10-13)19(21-12-20-18)22-14-5-4-6-16(11-14)24-2;1-13(2)9-14-7-8-18-17(10-14)19(21-12-20-18)22-15-5-4-6-16(11-15)23-3/h1,5-9,12-14H,4,10-11H2,2H3,(H,22,23,24);4-8,10-12H,3,9H2,1-2H3,(H,20,21,22);4-8,10-12H,1,9H2,2-3H3,(H,20,21,22). The molecule has 0 fully saturated rings. The van der Waals surface area contributed by atoms with Crippen LogP contribution in [0.25, 0.3) is 32.7 Å². The lowest BCUT2D eigenvalue weighted by atomic mass is 10.1. The summed E-state index contributed by atoms with van der Waals surface area (Å²) in [7, 11) is 3.29. The third-order valence-electron chi connectivity index (χ3n) is 11.3. The highest BCUT2D eigenvalue weighted by Gasteiger charge is 2.11. The molecular weight excluding hydrogens is 915 g/mol. The van der Waals surface area contributed by atoms with Crippen LogP contribution in [0.5, 0.6) is 17.2 Å². The monoisotopic (exact) mass is 971 g/mol. The summed E-state index contributed by atoms with van der Waals surface area (Å²) in [5.41, 5.74) is 9.45. The molecule has 3 N–H and O–H groups in total. The first-order valence-electron chi connectivity index (χ1n) is 23.7. The maximum Gasteiger partial charge on any atom is 0.148 e. The van der Waals surface area contributed by atoms with Gasteiger partial charge in [0.05, 0.1) is 30.8 Å². The molecule has 0 saturated heterocycles. The van der Waals surface area contributed by atoms with E-state index >= 15 is 0 Å². The molecule has 0 radical (unpaired) electrons. The predicted molar refractivity (Wildman–Crippen MR) is 292 cm³/mol. The van der Waals surface area contributed by atoms with Crippen LogP contribution in [-0.4, -0.2) is 62.3 Å². The summed E-state index contributed by atoms with van der Waals surface area (Å²) in [5, 5.41) is 12.7. The lowest BCUT2D eigenvalue weighted by Crippen LogP contribution is -2.01. The Morgan fingerprint density at radius 3 is 1.25 bits per heavy atom. The molecule has 14 heteroatoms. The molecule has 0 atom stereocenters. The first-order valence-corrected chi connectivity index (χ1v) is 23.7. The number of carbonyl (C=O) groups excluding carboxylic acids is 2. The average molecular weight is 972 g/mol. The van der Waals surface area contributed by atoms with E-state index < -0.39 is 0 Å². The Bertz CT molecular complexity index is 3430. The SMILES string of the molecule is C#CCOc1cccc(Nc2ncnc3ccc(CC(=O)CC)cc23)c1.C=C(C)Cc1ccc2ncnc(Nc3cccc(OC)c3)c2c1.CCC(=O)Cc1ccc2ncnc(Nc3cccc(OC)c3)c2c1. The molecule has 368 valence electrons. The van der Waals surface area contributed by atoms with Gasteiger partial charge in [-0.25, -0.2) is 29.9 Å².